The van der Waals surface area contributed by atoms with Gasteiger partial charge in [0.05, 0.1) is 18.1 Å². The standard InChI is InChI=1S/C8H7N5O3.Na.H/c1-16-8-4-6(13(14)15)2-3-7(8)12-10-5-9-11-12;;/h2-5H,1H3;;/q;+1;-1. The molecule has 84 valence electrons. The van der Waals surface area contributed by atoms with E-state index in [2.05, 4.69) is 15.4 Å². The van der Waals surface area contributed by atoms with E-state index in [1.165, 1.54) is 36.4 Å². The molecule has 2 rings (SSSR count). The van der Waals surface area contributed by atoms with Gasteiger partial charge in [-0.15, -0.1) is 15.0 Å². The zero-order chi connectivity index (χ0) is 11.5. The van der Waals surface area contributed by atoms with Crippen molar-refractivity contribution in [2.45, 2.75) is 0 Å². The number of ether oxygens (including phenoxy) is 1. The molecule has 17 heavy (non-hydrogen) atoms. The Kier molecular flexibility index (Phi) is 4.55. The quantitative estimate of drug-likeness (QED) is 0.342. The number of tetrazole rings is 1. The summed E-state index contributed by atoms with van der Waals surface area (Å²) >= 11 is 0. The summed E-state index contributed by atoms with van der Waals surface area (Å²) in [6.45, 7) is 0. The minimum absolute atomic E-state index is 0. The van der Waals surface area contributed by atoms with Gasteiger partial charge in [-0.1, -0.05) is 0 Å². The summed E-state index contributed by atoms with van der Waals surface area (Å²) in [5, 5.41) is 21.6. The first-order valence-corrected chi connectivity index (χ1v) is 4.28. The summed E-state index contributed by atoms with van der Waals surface area (Å²) in [6.07, 6.45) is 1.26. The topological polar surface area (TPSA) is 96.0 Å². The van der Waals surface area contributed by atoms with Gasteiger partial charge in [0.25, 0.3) is 5.69 Å². The predicted molar refractivity (Wildman–Crippen MR) is 53.5 cm³/mol. The number of hydrogen-bond donors (Lipinski definition) is 0. The van der Waals surface area contributed by atoms with Crippen LogP contribution in [-0.2, 0) is 0 Å². The maximum atomic E-state index is 10.6. The van der Waals surface area contributed by atoms with Crippen LogP contribution in [0.3, 0.4) is 0 Å². The van der Waals surface area contributed by atoms with E-state index in [-0.39, 0.29) is 36.7 Å². The Bertz CT molecular complexity index is 521. The second-order valence-electron chi connectivity index (χ2n) is 2.84. The third-order valence-electron chi connectivity index (χ3n) is 1.94. The minimum atomic E-state index is -0.499. The largest absolute Gasteiger partial charge is 1.00 e. The molecule has 0 unspecified atom stereocenters. The number of rotatable bonds is 3. The molecule has 0 amide bonds. The molecule has 1 heterocycles. The van der Waals surface area contributed by atoms with E-state index in [4.69, 9.17) is 4.74 Å². The number of hydrogen-bond acceptors (Lipinski definition) is 6. The molecule has 0 fully saturated rings. The Balaban J connectivity index is 0.00000144. The van der Waals surface area contributed by atoms with Crippen LogP contribution >= 0.6 is 0 Å². The van der Waals surface area contributed by atoms with E-state index in [1.54, 1.807) is 0 Å². The fourth-order valence-electron chi connectivity index (χ4n) is 1.22. The van der Waals surface area contributed by atoms with Gasteiger partial charge in [0.2, 0.25) is 0 Å². The molecule has 0 N–H and O–H groups in total. The van der Waals surface area contributed by atoms with E-state index < -0.39 is 4.92 Å². The van der Waals surface area contributed by atoms with E-state index in [0.717, 1.165) is 0 Å². The third kappa shape index (κ3) is 2.78. The summed E-state index contributed by atoms with van der Waals surface area (Å²) < 4.78 is 5.03. The Morgan fingerprint density at radius 3 is 2.82 bits per heavy atom. The van der Waals surface area contributed by atoms with Gasteiger partial charge >= 0.3 is 29.6 Å². The molecular weight excluding hydrogens is 237 g/mol. The van der Waals surface area contributed by atoms with Crippen LogP contribution < -0.4 is 34.3 Å². The average molecular weight is 245 g/mol. The number of nitro benzene ring substituents is 1. The molecule has 0 atom stereocenters. The van der Waals surface area contributed by atoms with Crippen LogP contribution in [0.2, 0.25) is 0 Å². The fraction of sp³-hybridized carbons (Fsp3) is 0.125. The smallest absolute Gasteiger partial charge is 1.00 e. The van der Waals surface area contributed by atoms with Crippen molar-refractivity contribution >= 4 is 5.69 Å². The first-order valence-electron chi connectivity index (χ1n) is 4.28. The van der Waals surface area contributed by atoms with Crippen molar-refractivity contribution in [1.82, 2.24) is 20.2 Å². The summed E-state index contributed by atoms with van der Waals surface area (Å²) in [4.78, 5) is 11.3. The molecule has 9 heteroatoms. The van der Waals surface area contributed by atoms with Crippen molar-refractivity contribution in [3.63, 3.8) is 0 Å². The van der Waals surface area contributed by atoms with Crippen molar-refractivity contribution in [1.29, 1.82) is 0 Å². The molecule has 0 aliphatic carbocycles. The molecule has 0 saturated heterocycles. The Labute approximate surface area is 120 Å². The molecule has 1 aromatic heterocycles. The summed E-state index contributed by atoms with van der Waals surface area (Å²) in [7, 11) is 1.42. The number of benzene rings is 1. The van der Waals surface area contributed by atoms with Crippen LogP contribution in [0.1, 0.15) is 1.43 Å². The molecule has 0 aliphatic heterocycles. The molecule has 8 nitrogen and oxygen atoms in total. The number of nitro groups is 1. The zero-order valence-electron chi connectivity index (χ0n) is 10.3. The molecule has 1 aromatic carbocycles. The van der Waals surface area contributed by atoms with Gasteiger partial charge in [0.15, 0.2) is 12.1 Å². The number of aromatic nitrogens is 4. The summed E-state index contributed by atoms with van der Waals surface area (Å²) in [5.41, 5.74) is 0.436. The van der Waals surface area contributed by atoms with Crippen LogP contribution in [0.15, 0.2) is 24.5 Å². The van der Waals surface area contributed by atoms with Crippen LogP contribution in [0.5, 0.6) is 5.75 Å². The second-order valence-corrected chi connectivity index (χ2v) is 2.84. The van der Waals surface area contributed by atoms with Gasteiger partial charge in [-0.05, 0) is 11.3 Å². The SMILES string of the molecule is COc1cc([N+](=O)[O-])ccc1-n1ncnn1.[H-].[Na+]. The van der Waals surface area contributed by atoms with Gasteiger partial charge in [-0.3, -0.25) is 10.1 Å². The maximum absolute atomic E-state index is 10.6. The molecule has 0 radical (unpaired) electrons. The fourth-order valence-corrected chi connectivity index (χ4v) is 1.22. The number of methoxy groups -OCH3 is 1. The van der Waals surface area contributed by atoms with Crippen molar-refractivity contribution in [3.05, 3.63) is 34.6 Å². The summed E-state index contributed by atoms with van der Waals surface area (Å²) in [5.74, 6) is 0.312. The van der Waals surface area contributed by atoms with Crippen molar-refractivity contribution in [2.24, 2.45) is 0 Å². The second kappa shape index (κ2) is 5.71. The normalized spacial score (nSPS) is 9.47. The third-order valence-corrected chi connectivity index (χ3v) is 1.94. The van der Waals surface area contributed by atoms with Crippen LogP contribution in [0.4, 0.5) is 5.69 Å². The predicted octanol–water partition coefficient (Wildman–Crippen LogP) is -2.30. The summed E-state index contributed by atoms with van der Waals surface area (Å²) in [6, 6.07) is 4.15. The van der Waals surface area contributed by atoms with E-state index >= 15 is 0 Å². The van der Waals surface area contributed by atoms with Crippen LogP contribution in [0, 0.1) is 10.1 Å². The van der Waals surface area contributed by atoms with Crippen LogP contribution in [-0.4, -0.2) is 32.2 Å². The molecule has 0 aliphatic rings. The van der Waals surface area contributed by atoms with Gasteiger partial charge in [-0.25, -0.2) is 0 Å². The van der Waals surface area contributed by atoms with E-state index in [0.29, 0.717) is 11.4 Å². The Morgan fingerprint density at radius 2 is 2.29 bits per heavy atom. The zero-order valence-corrected chi connectivity index (χ0v) is 11.3. The van der Waals surface area contributed by atoms with E-state index in [9.17, 15) is 10.1 Å². The monoisotopic (exact) mass is 245 g/mol. The van der Waals surface area contributed by atoms with Gasteiger partial charge in [0.1, 0.15) is 5.69 Å². The van der Waals surface area contributed by atoms with E-state index in [1.807, 2.05) is 0 Å². The molecule has 2 aromatic rings. The molecule has 0 bridgehead atoms. The number of non-ortho nitro benzene ring substituents is 1. The maximum Gasteiger partial charge on any atom is 1.00 e. The molecule has 0 spiro atoms. The van der Waals surface area contributed by atoms with Crippen molar-refractivity contribution in [3.8, 4) is 11.4 Å². The minimum Gasteiger partial charge on any atom is -1.00 e. The van der Waals surface area contributed by atoms with Gasteiger partial charge in [-0.2, -0.15) is 0 Å². The van der Waals surface area contributed by atoms with Gasteiger partial charge < -0.3 is 6.16 Å². The first kappa shape index (κ1) is 13.6. The van der Waals surface area contributed by atoms with Gasteiger partial charge in [0, 0.05) is 6.07 Å². The molecular formula is C8H8N5NaO3. The first-order chi connectivity index (χ1) is 7.72. The Hall–Kier alpha value is -1.51. The van der Waals surface area contributed by atoms with Crippen molar-refractivity contribution < 1.29 is 40.6 Å². The van der Waals surface area contributed by atoms with Crippen LogP contribution in [0.25, 0.3) is 5.69 Å². The number of nitrogens with zero attached hydrogens (tertiary/aromatic N) is 5. The van der Waals surface area contributed by atoms with Crippen molar-refractivity contribution in [2.75, 3.05) is 7.11 Å². The Morgan fingerprint density at radius 1 is 1.53 bits per heavy atom. The molecule has 0 saturated carbocycles. The average Bonchev–Trinajstić information content (AvgIpc) is 2.81.